The minimum atomic E-state index is 0.0194. The molecule has 0 aromatic heterocycles. The molecule has 5 heteroatoms. The predicted octanol–water partition coefficient (Wildman–Crippen LogP) is 2.31. The van der Waals surface area contributed by atoms with Crippen molar-refractivity contribution in [3.8, 4) is 11.5 Å². The van der Waals surface area contributed by atoms with Crippen LogP contribution in [0.15, 0.2) is 17.3 Å². The van der Waals surface area contributed by atoms with E-state index in [0.717, 1.165) is 0 Å². The molecular formula is C10H10ClNO3. The van der Waals surface area contributed by atoms with Crippen molar-refractivity contribution >= 4 is 17.8 Å². The van der Waals surface area contributed by atoms with Gasteiger partial charge in [-0.2, -0.15) is 0 Å². The Labute approximate surface area is 92.1 Å². The third kappa shape index (κ3) is 1.99. The molecule has 1 aromatic carbocycles. The molecular weight excluding hydrogens is 218 g/mol. The summed E-state index contributed by atoms with van der Waals surface area (Å²) < 4.78 is 11.0. The van der Waals surface area contributed by atoms with Crippen molar-refractivity contribution in [3.63, 3.8) is 0 Å². The monoisotopic (exact) mass is 227 g/mol. The van der Waals surface area contributed by atoms with Crippen LogP contribution in [-0.2, 0) is 0 Å². The fourth-order valence-electron chi connectivity index (χ4n) is 1.37. The molecule has 80 valence electrons. The fourth-order valence-corrected chi connectivity index (χ4v) is 1.58. The maximum Gasteiger partial charge on any atom is 0.163 e. The second kappa shape index (κ2) is 3.98. The van der Waals surface area contributed by atoms with Gasteiger partial charge in [0.15, 0.2) is 11.5 Å². The lowest BCUT2D eigenvalue weighted by Crippen LogP contribution is -2.25. The van der Waals surface area contributed by atoms with Crippen LogP contribution in [0.25, 0.3) is 0 Å². The van der Waals surface area contributed by atoms with Gasteiger partial charge in [-0.25, -0.2) is 0 Å². The molecule has 2 rings (SSSR count). The second-order valence-corrected chi connectivity index (χ2v) is 3.71. The summed E-state index contributed by atoms with van der Waals surface area (Å²) in [7, 11) is 0. The average Bonchev–Trinajstić information content (AvgIpc) is 2.20. The van der Waals surface area contributed by atoms with E-state index in [-0.39, 0.29) is 6.10 Å². The van der Waals surface area contributed by atoms with E-state index in [1.54, 1.807) is 12.1 Å². The van der Waals surface area contributed by atoms with Crippen LogP contribution < -0.4 is 9.47 Å². The molecule has 4 nitrogen and oxygen atoms in total. The van der Waals surface area contributed by atoms with Gasteiger partial charge in [0.25, 0.3) is 0 Å². The van der Waals surface area contributed by atoms with Crippen LogP contribution in [0, 0.1) is 0 Å². The van der Waals surface area contributed by atoms with Crippen LogP contribution in [0.2, 0.25) is 5.02 Å². The number of nitrogens with zero attached hydrogens (tertiary/aromatic N) is 1. The summed E-state index contributed by atoms with van der Waals surface area (Å²) in [5.41, 5.74) is 0.594. The van der Waals surface area contributed by atoms with Crippen molar-refractivity contribution < 1.29 is 14.7 Å². The maximum atomic E-state index is 8.43. The van der Waals surface area contributed by atoms with E-state index in [1.165, 1.54) is 6.21 Å². The first kappa shape index (κ1) is 10.1. The molecule has 1 aromatic rings. The van der Waals surface area contributed by atoms with E-state index in [9.17, 15) is 0 Å². The van der Waals surface area contributed by atoms with Crippen molar-refractivity contribution in [2.45, 2.75) is 13.0 Å². The van der Waals surface area contributed by atoms with Crippen LogP contribution in [0.3, 0.4) is 0 Å². The molecule has 0 amide bonds. The van der Waals surface area contributed by atoms with Crippen LogP contribution in [0.1, 0.15) is 12.5 Å². The third-order valence-corrected chi connectivity index (χ3v) is 2.39. The molecule has 1 atom stereocenters. The second-order valence-electron chi connectivity index (χ2n) is 3.30. The highest BCUT2D eigenvalue weighted by molar-refractivity contribution is 6.33. The van der Waals surface area contributed by atoms with Gasteiger partial charge in [-0.1, -0.05) is 16.8 Å². The first-order valence-corrected chi connectivity index (χ1v) is 4.89. The Morgan fingerprint density at radius 2 is 2.33 bits per heavy atom. The molecule has 0 saturated heterocycles. The van der Waals surface area contributed by atoms with Crippen molar-refractivity contribution in [1.29, 1.82) is 0 Å². The zero-order valence-electron chi connectivity index (χ0n) is 8.11. The minimum Gasteiger partial charge on any atom is -0.486 e. The van der Waals surface area contributed by atoms with Crippen molar-refractivity contribution in [2.75, 3.05) is 6.61 Å². The molecule has 15 heavy (non-hydrogen) atoms. The molecule has 1 heterocycles. The number of hydrogen-bond acceptors (Lipinski definition) is 4. The van der Waals surface area contributed by atoms with Crippen molar-refractivity contribution in [1.82, 2.24) is 0 Å². The number of fused-ring (bicyclic) bond motifs is 1. The predicted molar refractivity (Wildman–Crippen MR) is 56.4 cm³/mol. The van der Waals surface area contributed by atoms with Gasteiger partial charge in [0, 0.05) is 11.6 Å². The summed E-state index contributed by atoms with van der Waals surface area (Å²) in [5.74, 6) is 1.24. The smallest absolute Gasteiger partial charge is 0.163 e. The Hall–Kier alpha value is -1.42. The highest BCUT2D eigenvalue weighted by atomic mass is 35.5. The molecule has 0 fully saturated rings. The lowest BCUT2D eigenvalue weighted by Gasteiger charge is -2.24. The normalized spacial score (nSPS) is 19.5. The Morgan fingerprint density at radius 1 is 1.53 bits per heavy atom. The number of benzene rings is 1. The fraction of sp³-hybridized carbons (Fsp3) is 0.300. The number of hydrogen-bond donors (Lipinski definition) is 1. The summed E-state index contributed by atoms with van der Waals surface area (Å²) in [6, 6.07) is 3.34. The summed E-state index contributed by atoms with van der Waals surface area (Å²) in [6.07, 6.45) is 1.27. The Bertz CT molecular complexity index is 406. The molecule has 1 aliphatic heterocycles. The van der Waals surface area contributed by atoms with Gasteiger partial charge in [0.1, 0.15) is 12.7 Å². The minimum absolute atomic E-state index is 0.0194. The lowest BCUT2D eigenvalue weighted by molar-refractivity contribution is 0.104. The molecule has 0 spiro atoms. The molecule has 1 unspecified atom stereocenters. The maximum absolute atomic E-state index is 8.43. The number of rotatable bonds is 1. The molecule has 0 radical (unpaired) electrons. The third-order valence-electron chi connectivity index (χ3n) is 2.06. The van der Waals surface area contributed by atoms with E-state index in [1.807, 2.05) is 6.92 Å². The number of halogens is 1. The summed E-state index contributed by atoms with van der Waals surface area (Å²) in [5, 5.41) is 11.8. The SMILES string of the molecule is CC1COc2cc(C=NO)c(Cl)cc2O1. The van der Waals surface area contributed by atoms with Crippen molar-refractivity contribution in [2.24, 2.45) is 5.16 Å². The van der Waals surface area contributed by atoms with E-state index in [0.29, 0.717) is 28.7 Å². The first-order chi connectivity index (χ1) is 7.20. The summed E-state index contributed by atoms with van der Waals surface area (Å²) >= 11 is 5.95. The van der Waals surface area contributed by atoms with Gasteiger partial charge in [-0.05, 0) is 13.0 Å². The molecule has 1 N–H and O–H groups in total. The van der Waals surface area contributed by atoms with Gasteiger partial charge in [0.05, 0.1) is 11.2 Å². The largest absolute Gasteiger partial charge is 0.486 e. The Balaban J connectivity index is 2.41. The highest BCUT2D eigenvalue weighted by Crippen LogP contribution is 2.35. The first-order valence-electron chi connectivity index (χ1n) is 4.51. The highest BCUT2D eigenvalue weighted by Gasteiger charge is 2.18. The average molecular weight is 228 g/mol. The van der Waals surface area contributed by atoms with Gasteiger partial charge in [-0.3, -0.25) is 0 Å². The van der Waals surface area contributed by atoms with Gasteiger partial charge >= 0.3 is 0 Å². The Kier molecular flexibility index (Phi) is 2.68. The zero-order chi connectivity index (χ0) is 10.8. The number of oxime groups is 1. The topological polar surface area (TPSA) is 51.0 Å². The van der Waals surface area contributed by atoms with E-state index in [4.69, 9.17) is 26.3 Å². The molecule has 0 aliphatic carbocycles. The summed E-state index contributed by atoms with van der Waals surface area (Å²) in [6.45, 7) is 2.42. The Morgan fingerprint density at radius 3 is 3.07 bits per heavy atom. The van der Waals surface area contributed by atoms with Gasteiger partial charge in [0.2, 0.25) is 0 Å². The van der Waals surface area contributed by atoms with Crippen LogP contribution in [0.5, 0.6) is 11.5 Å². The van der Waals surface area contributed by atoms with Crippen molar-refractivity contribution in [3.05, 3.63) is 22.7 Å². The molecule has 1 aliphatic rings. The van der Waals surface area contributed by atoms with Gasteiger partial charge in [-0.15, -0.1) is 0 Å². The van der Waals surface area contributed by atoms with Crippen LogP contribution in [-0.4, -0.2) is 24.1 Å². The van der Waals surface area contributed by atoms with E-state index >= 15 is 0 Å². The summed E-state index contributed by atoms with van der Waals surface area (Å²) in [4.78, 5) is 0. The zero-order valence-corrected chi connectivity index (χ0v) is 8.86. The van der Waals surface area contributed by atoms with Gasteiger partial charge < -0.3 is 14.7 Å². The quantitative estimate of drug-likeness (QED) is 0.455. The molecule has 0 bridgehead atoms. The van der Waals surface area contributed by atoms with E-state index in [2.05, 4.69) is 5.16 Å². The lowest BCUT2D eigenvalue weighted by atomic mass is 10.2. The standard InChI is InChI=1S/C10H10ClNO3/c1-6-5-14-9-2-7(4-12-13)8(11)3-10(9)15-6/h2-4,6,13H,5H2,1H3. The van der Waals surface area contributed by atoms with E-state index < -0.39 is 0 Å². The molecule has 0 saturated carbocycles. The van der Waals surface area contributed by atoms with Crippen LogP contribution >= 0.6 is 11.6 Å². The van der Waals surface area contributed by atoms with Crippen LogP contribution in [0.4, 0.5) is 0 Å². The number of ether oxygens (including phenoxy) is 2.